The van der Waals surface area contributed by atoms with Gasteiger partial charge < -0.3 is 28.1 Å². The Kier molecular flexibility index (Phi) is 23.8. The minimum absolute atomic E-state index is 0.148. The van der Waals surface area contributed by atoms with Gasteiger partial charge in [0.15, 0.2) is 0 Å². The van der Waals surface area contributed by atoms with Crippen LogP contribution in [0.2, 0.25) is 0 Å². The molecule has 5 N–H and O–H groups in total. The minimum atomic E-state index is -0.298. The highest BCUT2D eigenvalue weighted by Crippen LogP contribution is 2.35. The van der Waals surface area contributed by atoms with Crippen molar-refractivity contribution in [1.29, 1.82) is 0 Å². The SMILES string of the molecule is CC[C@@H]1c2cccc(c2)C(=O)Nc2nc3ccccc3n2Cc2cccc(c2)-c2ccc(=O)n1n2.COc1ccc2cc1CCn1c(nc3ccccc31)NC(=O)c1cccc(c1)Cn1nc-2ccc1=O.Cc1cc2nn(c1=O)Cc1cccc(c1)C(=O)Nc1nc3ccccc3n1Cc1cccc-2c1.O=C1Nc2nc3ccccc3n2CCc2cc(ccc2O)-c2ccc(=O)n(n2)Cc2cccc1c2. The number of nitrogens with zero attached hydrogens (tertiary/aromatic N) is 16. The van der Waals surface area contributed by atoms with Crippen molar-refractivity contribution in [3.05, 3.63) is 435 Å². The molecule has 30 nitrogen and oxygen atoms in total. The number of fused-ring (bicyclic) bond motifs is 40. The molecular weight excluding hydrogens is 1760 g/mol. The lowest BCUT2D eigenvalue weighted by molar-refractivity contribution is 0.101. The maximum absolute atomic E-state index is 13.3. The summed E-state index contributed by atoms with van der Waals surface area (Å²) in [6, 6.07) is 98.8. The first kappa shape index (κ1) is 88.1. The second-order valence-electron chi connectivity index (χ2n) is 34.5. The molecule has 30 heteroatoms. The maximum atomic E-state index is 13.3. The van der Waals surface area contributed by atoms with E-state index in [0.717, 1.165) is 128 Å². The zero-order chi connectivity index (χ0) is 95.8. The number of para-hydroxylation sites is 8. The molecule has 0 radical (unpaired) electrons. The third-order valence-electron chi connectivity index (χ3n) is 25.3. The summed E-state index contributed by atoms with van der Waals surface area (Å²) in [5.41, 5.74) is 22.0. The highest BCUT2D eigenvalue weighted by Gasteiger charge is 2.26. The van der Waals surface area contributed by atoms with Crippen molar-refractivity contribution in [2.24, 2.45) is 0 Å². The third-order valence-corrected chi connectivity index (χ3v) is 25.3. The van der Waals surface area contributed by atoms with Crippen LogP contribution in [0, 0.1) is 6.92 Å². The van der Waals surface area contributed by atoms with Gasteiger partial charge in [0.05, 0.1) is 113 Å². The lowest BCUT2D eigenvalue weighted by Gasteiger charge is -2.19. The van der Waals surface area contributed by atoms with Crippen molar-refractivity contribution in [2.75, 3.05) is 28.4 Å². The molecule has 0 spiro atoms. The third kappa shape index (κ3) is 18.1. The van der Waals surface area contributed by atoms with Gasteiger partial charge in [-0.05, 0) is 241 Å². The summed E-state index contributed by atoms with van der Waals surface area (Å²) in [5, 5.41) is 41.1. The van der Waals surface area contributed by atoms with Gasteiger partial charge in [0.2, 0.25) is 23.8 Å². The number of carbonyl (C=O) groups is 4. The topological polar surface area (TPSA) is 357 Å². The van der Waals surface area contributed by atoms with E-state index in [0.29, 0.717) is 108 Å². The van der Waals surface area contributed by atoms with Gasteiger partial charge in [-0.3, -0.25) is 59.6 Å². The highest BCUT2D eigenvalue weighted by atomic mass is 16.5. The molecule has 0 aliphatic carbocycles. The molecular formula is C110H88N20O10. The summed E-state index contributed by atoms with van der Waals surface area (Å²) in [6.45, 7) is 6.64. The summed E-state index contributed by atoms with van der Waals surface area (Å²) >= 11 is 0. The van der Waals surface area contributed by atoms with Gasteiger partial charge in [0.1, 0.15) is 11.5 Å². The molecule has 20 aromatic rings. The normalized spacial score (nSPS) is 13.7. The van der Waals surface area contributed by atoms with Gasteiger partial charge in [-0.15, -0.1) is 0 Å². The van der Waals surface area contributed by atoms with E-state index in [1.807, 2.05) is 231 Å². The first-order valence-electron chi connectivity index (χ1n) is 45.8. The van der Waals surface area contributed by atoms with E-state index >= 15 is 0 Å². The molecule has 24 bridgehead atoms. The monoisotopic (exact) mass is 1850 g/mol. The molecule has 8 aromatic heterocycles. The van der Waals surface area contributed by atoms with Crippen LogP contribution >= 0.6 is 0 Å². The number of nitrogens with one attached hydrogen (secondary N) is 4. The fraction of sp³-hybridized carbons (Fsp3) is 0.127. The van der Waals surface area contributed by atoms with E-state index in [2.05, 4.69) is 58.7 Å². The number of aromatic nitrogens is 16. The molecule has 0 fully saturated rings. The van der Waals surface area contributed by atoms with E-state index in [1.165, 1.54) is 30.9 Å². The number of hydrogen-bond donors (Lipinski definition) is 5. The van der Waals surface area contributed by atoms with Crippen LogP contribution in [0.3, 0.4) is 0 Å². The summed E-state index contributed by atoms with van der Waals surface area (Å²) in [4.78, 5) is 122. The second-order valence-corrected chi connectivity index (χ2v) is 34.5. The average Bonchev–Trinajstić information content (AvgIpc) is 1.61. The second kappa shape index (κ2) is 37.8. The number of methoxy groups -OCH3 is 1. The fourth-order valence-electron chi connectivity index (χ4n) is 18.3. The Morgan fingerprint density at radius 2 is 0.686 bits per heavy atom. The van der Waals surface area contributed by atoms with Crippen molar-refractivity contribution in [2.45, 2.75) is 85.0 Å². The van der Waals surface area contributed by atoms with Crippen LogP contribution < -0.4 is 48.2 Å². The van der Waals surface area contributed by atoms with Crippen molar-refractivity contribution >= 4 is 91.6 Å². The quantitative estimate of drug-likeness (QED) is 0.107. The summed E-state index contributed by atoms with van der Waals surface area (Å²) in [6.07, 6.45) is 1.78. The zero-order valence-corrected chi connectivity index (χ0v) is 76.0. The van der Waals surface area contributed by atoms with Crippen molar-refractivity contribution in [3.8, 4) is 56.5 Å². The number of hydrogen-bond acceptors (Lipinski definition) is 18. The molecule has 12 heterocycles. The average molecular weight is 1850 g/mol. The Morgan fingerprint density at radius 1 is 0.329 bits per heavy atom. The van der Waals surface area contributed by atoms with Crippen LogP contribution in [-0.4, -0.2) is 113 Å². The van der Waals surface area contributed by atoms with Gasteiger partial charge in [-0.25, -0.2) is 38.7 Å². The van der Waals surface area contributed by atoms with Gasteiger partial charge in [0, 0.05) is 81.4 Å². The predicted octanol–water partition coefficient (Wildman–Crippen LogP) is 17.1. The Balaban J connectivity index is 0.000000111. The van der Waals surface area contributed by atoms with E-state index in [-0.39, 0.29) is 77.3 Å². The molecule has 12 aromatic carbocycles. The standard InChI is InChI=1S/C28H23N5O3.C28H23N5O2.C27H21N5O3.C27H21N5O2/c1-36-25-11-9-19-16-20(25)13-14-32-24-8-3-2-7-23(24)29-28(32)30-27(35)21-6-4-5-18(15-21)17-33-26(34)12-10-22(19)31-33;1-2-24-20-9-6-10-21(16-20)27(35)30-28-29-23-11-3-4-12-25(23)32(28)17-18-7-5-8-19(15-18)22-13-14-26(34)33(24)31-22;33-24-10-8-18-15-19(24)12-13-31-23-7-2-1-6-22(23)28-27(31)29-26(35)20-5-3-4-17(14-20)16-32-25(34)11-9-21(18)30-32;1-17-12-23-20-8-4-6-18(13-20)15-31-24-11-3-2-10-22(24)28-27(31)29-25(33)21-9-5-7-19(14-21)16-32(30-23)26(17)34/h2-12,15-16H,13-14,17H2,1H3,(H,29,30,35);3-16,24H,2,17H2,1H3,(H,29,30,35);1-11,14-15,33H,12-13,16H2,(H,28,29,35);2-14H,15-16H2,1H3,(H,28,29,33)/t;24-;;/m.1../s1. The maximum Gasteiger partial charge on any atom is 0.270 e. The number of benzene rings is 12. The van der Waals surface area contributed by atoms with Crippen LogP contribution in [0.25, 0.3) is 89.2 Å². The number of carbonyl (C=O) groups excluding carboxylic acids is 4. The number of rotatable bonds is 2. The van der Waals surface area contributed by atoms with Gasteiger partial charge >= 0.3 is 0 Å². The Labute approximate surface area is 798 Å². The first-order chi connectivity index (χ1) is 68.3. The summed E-state index contributed by atoms with van der Waals surface area (Å²) in [7, 11) is 1.65. The minimum Gasteiger partial charge on any atom is -0.508 e. The number of phenolic OH excluding ortho intramolecular Hbond substituents is 1. The van der Waals surface area contributed by atoms with Gasteiger partial charge in [-0.1, -0.05) is 140 Å². The molecule has 4 aliphatic heterocycles. The zero-order valence-electron chi connectivity index (χ0n) is 76.0. The van der Waals surface area contributed by atoms with Gasteiger partial charge in [0.25, 0.3) is 45.9 Å². The van der Waals surface area contributed by atoms with Crippen LogP contribution in [0.1, 0.15) is 111 Å². The smallest absolute Gasteiger partial charge is 0.270 e. The van der Waals surface area contributed by atoms with E-state index in [1.54, 1.807) is 105 Å². The number of aromatic hydroxyl groups is 1. The number of aryl methyl sites for hydroxylation is 5. The van der Waals surface area contributed by atoms with Crippen molar-refractivity contribution in [3.63, 3.8) is 0 Å². The lowest BCUT2D eigenvalue weighted by atomic mass is 10.0. The van der Waals surface area contributed by atoms with Crippen molar-refractivity contribution in [1.82, 2.24) is 77.3 Å². The number of amides is 4. The van der Waals surface area contributed by atoms with Crippen LogP contribution in [0.4, 0.5) is 23.8 Å². The molecule has 688 valence electrons. The molecule has 4 aliphatic rings. The number of imidazole rings is 4. The highest BCUT2D eigenvalue weighted by molar-refractivity contribution is 6.07. The molecule has 0 saturated carbocycles. The van der Waals surface area contributed by atoms with Crippen LogP contribution in [-0.2, 0) is 58.7 Å². The summed E-state index contributed by atoms with van der Waals surface area (Å²) < 4.78 is 19.4. The van der Waals surface area contributed by atoms with E-state index in [4.69, 9.17) is 19.8 Å². The molecule has 0 saturated heterocycles. The molecule has 0 unspecified atom stereocenters. The molecule has 24 rings (SSSR count). The number of ether oxygens (including phenoxy) is 1. The number of anilines is 4. The molecule has 4 amide bonds. The predicted molar refractivity (Wildman–Crippen MR) is 537 cm³/mol. The van der Waals surface area contributed by atoms with Crippen molar-refractivity contribution < 1.29 is 29.0 Å². The lowest BCUT2D eigenvalue weighted by Crippen LogP contribution is -2.27. The van der Waals surface area contributed by atoms with E-state index in [9.17, 15) is 43.5 Å². The van der Waals surface area contributed by atoms with Gasteiger partial charge in [-0.2, -0.15) is 20.4 Å². The Bertz CT molecular complexity index is 8630. The van der Waals surface area contributed by atoms with Crippen LogP contribution in [0.5, 0.6) is 11.5 Å². The Hall–Kier alpha value is -18.5. The Morgan fingerprint density at radius 3 is 1.15 bits per heavy atom. The molecule has 140 heavy (non-hydrogen) atoms. The molecule has 1 atom stereocenters. The summed E-state index contributed by atoms with van der Waals surface area (Å²) in [5.74, 6) is 1.76. The first-order valence-corrected chi connectivity index (χ1v) is 45.8. The fourth-order valence-corrected chi connectivity index (χ4v) is 18.3. The van der Waals surface area contributed by atoms with E-state index < -0.39 is 0 Å². The number of phenols is 1. The van der Waals surface area contributed by atoms with Crippen LogP contribution in [0.15, 0.2) is 341 Å². The largest absolute Gasteiger partial charge is 0.508 e.